The van der Waals surface area contributed by atoms with E-state index in [0.29, 0.717) is 5.75 Å². The molecule has 0 aliphatic heterocycles. The molecule has 1 unspecified atom stereocenters. The highest BCUT2D eigenvalue weighted by atomic mass is 32.2. The first-order chi connectivity index (χ1) is 9.54. The Hall–Kier alpha value is -1.71. The van der Waals surface area contributed by atoms with Crippen molar-refractivity contribution in [1.29, 1.82) is 0 Å². The Kier molecular flexibility index (Phi) is 6.91. The van der Waals surface area contributed by atoms with Gasteiger partial charge in [-0.05, 0) is 18.2 Å². The summed E-state index contributed by atoms with van der Waals surface area (Å²) in [6.07, 6.45) is 1.82. The molecule has 108 valence electrons. The van der Waals surface area contributed by atoms with Gasteiger partial charge in [-0.1, -0.05) is 11.8 Å². The third-order valence-electron chi connectivity index (χ3n) is 2.37. The minimum absolute atomic E-state index is 0.0755. The lowest BCUT2D eigenvalue weighted by Crippen LogP contribution is -2.27. The molecule has 0 saturated heterocycles. The topological polar surface area (TPSA) is 66.4 Å². The normalized spacial score (nSPS) is 11.3. The molecule has 0 heterocycles. The van der Waals surface area contributed by atoms with Crippen molar-refractivity contribution in [2.24, 2.45) is 0 Å². The minimum Gasteiger partial charge on any atom is -0.395 e. The summed E-state index contributed by atoms with van der Waals surface area (Å²) in [6.45, 7) is 0.204. The van der Waals surface area contributed by atoms with Crippen molar-refractivity contribution in [1.82, 2.24) is 5.32 Å². The van der Waals surface area contributed by atoms with Gasteiger partial charge in [0.1, 0.15) is 5.82 Å². The number of benzene rings is 1. The van der Waals surface area contributed by atoms with E-state index in [9.17, 15) is 13.4 Å². The van der Waals surface area contributed by atoms with Gasteiger partial charge in [-0.2, -0.15) is 0 Å². The van der Waals surface area contributed by atoms with Crippen LogP contribution < -0.4 is 5.32 Å². The van der Waals surface area contributed by atoms with E-state index in [1.807, 2.05) is 0 Å². The zero-order chi connectivity index (χ0) is 15.0. The van der Waals surface area contributed by atoms with Gasteiger partial charge in [-0.15, -0.1) is 0 Å². The highest BCUT2D eigenvalue weighted by molar-refractivity contribution is 7.84. The van der Waals surface area contributed by atoms with E-state index < -0.39 is 22.5 Å². The summed E-state index contributed by atoms with van der Waals surface area (Å²) >= 11 is 0. The number of carbonyl (C=O) groups excluding carboxylic acids is 1. The van der Waals surface area contributed by atoms with Gasteiger partial charge >= 0.3 is 0 Å². The number of hydrogen-bond donors (Lipinski definition) is 2. The molecule has 2 N–H and O–H groups in total. The van der Waals surface area contributed by atoms with Crippen LogP contribution in [0.15, 0.2) is 18.2 Å². The van der Waals surface area contributed by atoms with E-state index in [1.165, 1.54) is 12.1 Å². The quantitative estimate of drug-likeness (QED) is 0.785. The minimum atomic E-state index is -0.979. The van der Waals surface area contributed by atoms with Crippen LogP contribution in [-0.2, 0) is 10.8 Å². The van der Waals surface area contributed by atoms with Crippen molar-refractivity contribution in [3.8, 4) is 11.8 Å². The van der Waals surface area contributed by atoms with E-state index in [0.717, 1.165) is 6.07 Å². The van der Waals surface area contributed by atoms with Gasteiger partial charge in [-0.25, -0.2) is 4.39 Å². The van der Waals surface area contributed by atoms with Crippen LogP contribution in [0.2, 0.25) is 0 Å². The van der Waals surface area contributed by atoms with Gasteiger partial charge in [0, 0.05) is 41.3 Å². The van der Waals surface area contributed by atoms with Crippen molar-refractivity contribution in [3.05, 3.63) is 35.1 Å². The van der Waals surface area contributed by atoms with Gasteiger partial charge < -0.3 is 10.4 Å². The molecule has 1 amide bonds. The number of aliphatic hydroxyl groups is 1. The number of aliphatic hydroxyl groups excluding tert-OH is 1. The second-order valence-corrected chi connectivity index (χ2v) is 5.56. The average Bonchev–Trinajstić information content (AvgIpc) is 2.40. The Balaban J connectivity index is 2.69. The summed E-state index contributed by atoms with van der Waals surface area (Å²) in [5.41, 5.74) is 0.377. The maximum atomic E-state index is 13.7. The molecule has 0 fully saturated rings. The Bertz CT molecular complexity index is 563. The third kappa shape index (κ3) is 5.51. The second kappa shape index (κ2) is 8.46. The summed E-state index contributed by atoms with van der Waals surface area (Å²) in [7, 11) is -0.979. The summed E-state index contributed by atoms with van der Waals surface area (Å²) in [6, 6.07) is 4.01. The number of amides is 1. The lowest BCUT2D eigenvalue weighted by molar-refractivity contribution is 0.0955. The predicted molar refractivity (Wildman–Crippen MR) is 76.2 cm³/mol. The van der Waals surface area contributed by atoms with Crippen LogP contribution >= 0.6 is 0 Å². The fourth-order valence-electron chi connectivity index (χ4n) is 1.38. The number of carbonyl (C=O) groups is 1. The molecule has 1 aromatic carbocycles. The highest BCUT2D eigenvalue weighted by Crippen LogP contribution is 2.09. The van der Waals surface area contributed by atoms with Crippen molar-refractivity contribution in [3.63, 3.8) is 0 Å². The first-order valence-corrected chi connectivity index (χ1v) is 7.75. The second-order valence-electron chi connectivity index (χ2n) is 4.00. The van der Waals surface area contributed by atoms with E-state index in [-0.39, 0.29) is 30.7 Å². The lowest BCUT2D eigenvalue weighted by atomic mass is 10.1. The van der Waals surface area contributed by atoms with Crippen LogP contribution in [0.1, 0.15) is 22.3 Å². The predicted octanol–water partition coefficient (Wildman–Crippen LogP) is 0.668. The highest BCUT2D eigenvalue weighted by Gasteiger charge is 2.08. The molecule has 1 aromatic rings. The van der Waals surface area contributed by atoms with Gasteiger partial charge in [0.2, 0.25) is 0 Å². The summed E-state index contributed by atoms with van der Waals surface area (Å²) in [5.74, 6) is 4.56. The molecule has 0 aliphatic carbocycles. The van der Waals surface area contributed by atoms with Crippen molar-refractivity contribution in [2.75, 3.05) is 25.2 Å². The lowest BCUT2D eigenvalue weighted by Gasteiger charge is -2.04. The average molecular weight is 297 g/mol. The van der Waals surface area contributed by atoms with Crippen LogP contribution in [0.25, 0.3) is 0 Å². The van der Waals surface area contributed by atoms with Gasteiger partial charge in [0.15, 0.2) is 0 Å². The summed E-state index contributed by atoms with van der Waals surface area (Å²) in [5, 5.41) is 11.1. The van der Waals surface area contributed by atoms with E-state index in [2.05, 4.69) is 17.2 Å². The zero-order valence-electron chi connectivity index (χ0n) is 11.1. The molecule has 0 bridgehead atoms. The molecule has 6 heteroatoms. The Labute approximate surface area is 119 Å². The first kappa shape index (κ1) is 16.3. The standard InChI is InChI=1S/C14H16FNO3S/c1-20(19)9-7-16-14(18)12-6-5-11(13(15)10-12)4-2-3-8-17/h5-6,10,17H,3,7-9H2,1H3,(H,16,18). The molecule has 0 radical (unpaired) electrons. The van der Waals surface area contributed by atoms with Crippen LogP contribution in [0.5, 0.6) is 0 Å². The molecule has 0 saturated carbocycles. The Morgan fingerprint density at radius 2 is 2.25 bits per heavy atom. The summed E-state index contributed by atoms with van der Waals surface area (Å²) in [4.78, 5) is 11.7. The molecule has 4 nitrogen and oxygen atoms in total. The van der Waals surface area contributed by atoms with Gasteiger partial charge in [0.25, 0.3) is 5.91 Å². The fraction of sp³-hybridized carbons (Fsp3) is 0.357. The number of halogens is 1. The van der Waals surface area contributed by atoms with Crippen LogP contribution in [0, 0.1) is 17.7 Å². The van der Waals surface area contributed by atoms with Crippen LogP contribution in [0.4, 0.5) is 4.39 Å². The van der Waals surface area contributed by atoms with Crippen LogP contribution in [0.3, 0.4) is 0 Å². The molecule has 0 spiro atoms. The summed E-state index contributed by atoms with van der Waals surface area (Å²) < 4.78 is 24.5. The Morgan fingerprint density at radius 3 is 2.85 bits per heavy atom. The van der Waals surface area contributed by atoms with E-state index in [1.54, 1.807) is 6.26 Å². The number of rotatable bonds is 5. The Morgan fingerprint density at radius 1 is 1.50 bits per heavy atom. The molecule has 0 aromatic heterocycles. The van der Waals surface area contributed by atoms with Crippen molar-refractivity contribution < 1.29 is 18.5 Å². The molecule has 1 rings (SSSR count). The number of nitrogens with one attached hydrogen (secondary N) is 1. The molecule has 1 atom stereocenters. The maximum Gasteiger partial charge on any atom is 0.251 e. The maximum absolute atomic E-state index is 13.7. The molecule has 20 heavy (non-hydrogen) atoms. The largest absolute Gasteiger partial charge is 0.395 e. The fourth-order valence-corrected chi connectivity index (χ4v) is 1.77. The first-order valence-electron chi connectivity index (χ1n) is 6.02. The molecule has 0 aliphatic rings. The number of hydrogen-bond acceptors (Lipinski definition) is 3. The van der Waals surface area contributed by atoms with Gasteiger partial charge in [0.05, 0.1) is 12.2 Å². The van der Waals surface area contributed by atoms with E-state index in [4.69, 9.17) is 5.11 Å². The van der Waals surface area contributed by atoms with Crippen molar-refractivity contribution in [2.45, 2.75) is 6.42 Å². The van der Waals surface area contributed by atoms with Crippen molar-refractivity contribution >= 4 is 16.7 Å². The van der Waals surface area contributed by atoms with Crippen LogP contribution in [-0.4, -0.2) is 40.4 Å². The molecular weight excluding hydrogens is 281 g/mol. The third-order valence-corrected chi connectivity index (χ3v) is 3.15. The van der Waals surface area contributed by atoms with E-state index >= 15 is 0 Å². The monoisotopic (exact) mass is 297 g/mol. The molecular formula is C14H16FNO3S. The smallest absolute Gasteiger partial charge is 0.251 e. The SMILES string of the molecule is CS(=O)CCNC(=O)c1ccc(C#CCCO)c(F)c1. The zero-order valence-corrected chi connectivity index (χ0v) is 11.9. The van der Waals surface area contributed by atoms with Gasteiger partial charge in [-0.3, -0.25) is 9.00 Å².